The van der Waals surface area contributed by atoms with Gasteiger partial charge in [-0.1, -0.05) is 18.2 Å². The van der Waals surface area contributed by atoms with E-state index in [1.165, 1.54) is 18.2 Å². The first-order valence-electron chi connectivity index (χ1n) is 9.29. The lowest BCUT2D eigenvalue weighted by molar-refractivity contribution is 0.472. The number of azo groups is 2. The fraction of sp³-hybridized carbons (Fsp3) is 0. The average molecular weight is 446 g/mol. The molecule has 0 aliphatic heterocycles. The molecule has 0 aromatic heterocycles. The molecule has 159 valence electrons. The Kier molecular flexibility index (Phi) is 5.63. The van der Waals surface area contributed by atoms with Gasteiger partial charge in [0.25, 0.3) is 10.1 Å². The normalized spacial score (nSPS) is 12.2. The summed E-state index contributed by atoms with van der Waals surface area (Å²) in [6, 6.07) is 21.1. The number of nitrogens with zero attached hydrogens (tertiary/aromatic N) is 4. The van der Waals surface area contributed by atoms with Crippen molar-refractivity contribution in [1.29, 1.82) is 0 Å². The van der Waals surface area contributed by atoms with Crippen molar-refractivity contribution in [2.75, 3.05) is 0 Å². The van der Waals surface area contributed by atoms with Gasteiger partial charge in [0, 0.05) is 5.39 Å². The van der Waals surface area contributed by atoms with Crippen LogP contribution >= 0.6 is 0 Å². The molecule has 1 radical (unpaired) electrons. The number of hydrogen-bond acceptors (Lipinski definition) is 7. The Morgan fingerprint density at radius 3 is 1.88 bits per heavy atom. The lowest BCUT2D eigenvalue weighted by atomic mass is 10.1. The Balaban J connectivity index is 1.67. The van der Waals surface area contributed by atoms with E-state index in [1.807, 2.05) is 30.3 Å². The van der Waals surface area contributed by atoms with Gasteiger partial charge < -0.3 is 10.8 Å². The molecule has 4 aromatic carbocycles. The van der Waals surface area contributed by atoms with Gasteiger partial charge in [0.2, 0.25) is 0 Å². The van der Waals surface area contributed by atoms with E-state index in [0.717, 1.165) is 6.07 Å². The first-order valence-corrected chi connectivity index (χ1v) is 10.7. The highest BCUT2D eigenvalue weighted by molar-refractivity contribution is 7.86. The summed E-state index contributed by atoms with van der Waals surface area (Å²) in [4.78, 5) is -0.606. The summed E-state index contributed by atoms with van der Waals surface area (Å²) in [5, 5.41) is 27.2. The second-order valence-corrected chi connectivity index (χ2v) is 8.12. The fourth-order valence-electron chi connectivity index (χ4n) is 2.95. The molecule has 10 heteroatoms. The number of hydrogen-bond donors (Lipinski definition) is 2. The zero-order chi connectivity index (χ0) is 22.7. The minimum atomic E-state index is -4.71. The van der Waals surface area contributed by atoms with E-state index in [2.05, 4.69) is 20.5 Å². The third-order valence-corrected chi connectivity index (χ3v) is 5.35. The van der Waals surface area contributed by atoms with Crippen LogP contribution in [0.3, 0.4) is 0 Å². The molecule has 9 nitrogen and oxygen atoms in total. The maximum atomic E-state index is 11.9. The van der Waals surface area contributed by atoms with Gasteiger partial charge in [-0.2, -0.15) is 23.8 Å². The molecule has 0 heterocycles. The molecule has 0 atom stereocenters. The molecule has 0 amide bonds. The summed E-state index contributed by atoms with van der Waals surface area (Å²) >= 11 is 0. The van der Waals surface area contributed by atoms with Crippen LogP contribution < -0.4 is 5.73 Å². The van der Waals surface area contributed by atoms with Crippen LogP contribution in [0.1, 0.15) is 0 Å². The van der Waals surface area contributed by atoms with Crippen molar-refractivity contribution in [1.82, 2.24) is 5.73 Å². The van der Waals surface area contributed by atoms with Crippen LogP contribution in [0.2, 0.25) is 0 Å². The maximum Gasteiger partial charge on any atom is 0.296 e. The summed E-state index contributed by atoms with van der Waals surface area (Å²) in [5.74, 6) is -0.466. The van der Waals surface area contributed by atoms with Gasteiger partial charge in [0.1, 0.15) is 10.6 Å². The highest BCUT2D eigenvalue weighted by Gasteiger charge is 2.22. The Morgan fingerprint density at radius 1 is 0.719 bits per heavy atom. The fourth-order valence-corrected chi connectivity index (χ4v) is 3.61. The molecule has 32 heavy (non-hydrogen) atoms. The maximum absolute atomic E-state index is 11.9. The van der Waals surface area contributed by atoms with Crippen molar-refractivity contribution in [3.63, 3.8) is 0 Å². The van der Waals surface area contributed by atoms with Crippen molar-refractivity contribution in [3.8, 4) is 5.75 Å². The van der Waals surface area contributed by atoms with Gasteiger partial charge in [0.05, 0.1) is 22.7 Å². The van der Waals surface area contributed by atoms with Gasteiger partial charge in [-0.05, 0) is 66.0 Å². The van der Waals surface area contributed by atoms with E-state index in [0.29, 0.717) is 17.1 Å². The number of benzene rings is 4. The Morgan fingerprint density at radius 2 is 1.28 bits per heavy atom. The van der Waals surface area contributed by atoms with E-state index in [9.17, 15) is 18.1 Å². The van der Waals surface area contributed by atoms with Gasteiger partial charge in [0.15, 0.2) is 5.75 Å². The molecular weight excluding hydrogens is 430 g/mol. The second kappa shape index (κ2) is 8.53. The van der Waals surface area contributed by atoms with E-state index in [-0.39, 0.29) is 16.5 Å². The first kappa shape index (κ1) is 21.1. The number of fused-ring (bicyclic) bond motifs is 1. The van der Waals surface area contributed by atoms with E-state index in [4.69, 9.17) is 5.73 Å². The molecule has 3 N–H and O–H groups in total. The molecule has 0 saturated heterocycles. The molecule has 0 unspecified atom stereocenters. The average Bonchev–Trinajstić information content (AvgIpc) is 2.77. The number of phenols is 1. The SMILES string of the molecule is [NH]c1ccc2c(O)c(/N=N/c3ccc(/N=N/c4ccccc4)cc3)c(S(=O)(=O)O)cc2c1. The van der Waals surface area contributed by atoms with Gasteiger partial charge >= 0.3 is 0 Å². The van der Waals surface area contributed by atoms with Crippen molar-refractivity contribution in [2.45, 2.75) is 4.90 Å². The van der Waals surface area contributed by atoms with E-state index >= 15 is 0 Å². The van der Waals surface area contributed by atoms with Crippen molar-refractivity contribution in [2.24, 2.45) is 20.5 Å². The Hall–Kier alpha value is -4.15. The minimum absolute atomic E-state index is 0.122. The highest BCUT2D eigenvalue weighted by atomic mass is 32.2. The minimum Gasteiger partial charge on any atom is -0.505 e. The summed E-state index contributed by atoms with van der Waals surface area (Å²) in [6.07, 6.45) is 0. The van der Waals surface area contributed by atoms with E-state index < -0.39 is 26.5 Å². The molecular formula is C22H16N5O4S. The van der Waals surface area contributed by atoms with Crippen LogP contribution in [0.15, 0.2) is 104 Å². The molecule has 0 saturated carbocycles. The topological polar surface area (TPSA) is 148 Å². The summed E-state index contributed by atoms with van der Waals surface area (Å²) in [6.45, 7) is 0. The predicted molar refractivity (Wildman–Crippen MR) is 119 cm³/mol. The third kappa shape index (κ3) is 4.61. The zero-order valence-electron chi connectivity index (χ0n) is 16.4. The van der Waals surface area contributed by atoms with Crippen LogP contribution in [0.4, 0.5) is 28.4 Å². The molecule has 0 bridgehead atoms. The van der Waals surface area contributed by atoms with Crippen LogP contribution in [-0.4, -0.2) is 18.1 Å². The standard InChI is InChI=1S/C22H16N5O4S/c23-15-6-11-19-14(12-15)13-20(32(29,30)31)21(22(19)28)27-26-18-9-7-17(8-10-18)25-24-16-4-2-1-3-5-16/h1-13,23,28H,(H,29,30,31)/b25-24+,27-26+. The monoisotopic (exact) mass is 446 g/mol. The predicted octanol–water partition coefficient (Wildman–Crippen LogP) is 6.54. The smallest absolute Gasteiger partial charge is 0.296 e. The molecule has 4 aromatic rings. The number of aromatic hydroxyl groups is 1. The second-order valence-electron chi connectivity index (χ2n) is 6.73. The van der Waals surface area contributed by atoms with Crippen LogP contribution in [0, 0.1) is 0 Å². The number of phenolic OH excluding ortho intramolecular Hbond substituents is 1. The van der Waals surface area contributed by atoms with Crippen LogP contribution in [0.5, 0.6) is 5.75 Å². The van der Waals surface area contributed by atoms with Crippen LogP contribution in [0.25, 0.3) is 10.8 Å². The Bertz CT molecular complexity index is 1450. The van der Waals surface area contributed by atoms with Gasteiger partial charge in [-0.25, -0.2) is 0 Å². The Labute approximate surface area is 183 Å². The summed E-state index contributed by atoms with van der Waals surface area (Å²) < 4.78 is 33.3. The highest BCUT2D eigenvalue weighted by Crippen LogP contribution is 2.41. The summed E-state index contributed by atoms with van der Waals surface area (Å²) in [7, 11) is -4.71. The molecule has 0 aliphatic rings. The van der Waals surface area contributed by atoms with Crippen molar-refractivity contribution < 1.29 is 18.1 Å². The third-order valence-electron chi connectivity index (χ3n) is 4.48. The summed E-state index contributed by atoms with van der Waals surface area (Å²) in [5.41, 5.74) is 9.04. The van der Waals surface area contributed by atoms with Crippen molar-refractivity contribution in [3.05, 3.63) is 78.9 Å². The van der Waals surface area contributed by atoms with Crippen LogP contribution in [-0.2, 0) is 10.1 Å². The quantitative estimate of drug-likeness (QED) is 0.264. The van der Waals surface area contributed by atoms with E-state index in [1.54, 1.807) is 24.3 Å². The molecule has 4 rings (SSSR count). The first-order chi connectivity index (χ1) is 15.3. The number of nitrogens with one attached hydrogen (secondary N) is 1. The number of rotatable bonds is 5. The lowest BCUT2D eigenvalue weighted by Crippen LogP contribution is -1.99. The van der Waals surface area contributed by atoms with Gasteiger partial charge in [-0.15, -0.1) is 5.11 Å². The molecule has 0 spiro atoms. The van der Waals surface area contributed by atoms with Crippen molar-refractivity contribution >= 4 is 49.3 Å². The largest absolute Gasteiger partial charge is 0.505 e. The molecule has 0 aliphatic carbocycles. The van der Waals surface area contributed by atoms with Gasteiger partial charge in [-0.3, -0.25) is 4.55 Å². The zero-order valence-corrected chi connectivity index (χ0v) is 17.2. The molecule has 0 fully saturated rings. The lowest BCUT2D eigenvalue weighted by Gasteiger charge is -2.09.